The number of piperidine rings is 4. The van der Waals surface area contributed by atoms with Gasteiger partial charge in [0, 0.05) is 67.9 Å². The number of amides is 2. The summed E-state index contributed by atoms with van der Waals surface area (Å²) in [6.07, 6.45) is 8.98. The van der Waals surface area contributed by atoms with Gasteiger partial charge in [0.2, 0.25) is 11.8 Å². The highest BCUT2D eigenvalue weighted by atomic mass is 32.2. The lowest BCUT2D eigenvalue weighted by Gasteiger charge is -2.45. The van der Waals surface area contributed by atoms with Crippen molar-refractivity contribution >= 4 is 45.9 Å². The van der Waals surface area contributed by atoms with Crippen LogP contribution in [0.3, 0.4) is 0 Å². The molecule has 5 fully saturated rings. The number of thioether (sulfide) groups is 1. The van der Waals surface area contributed by atoms with E-state index in [0.717, 1.165) is 104 Å². The molecule has 8 rings (SSSR count). The van der Waals surface area contributed by atoms with E-state index >= 15 is 8.78 Å². The summed E-state index contributed by atoms with van der Waals surface area (Å²) >= 11 is 1.75. The molecule has 15 heteroatoms. The van der Waals surface area contributed by atoms with Crippen LogP contribution < -0.4 is 25.8 Å². The molecule has 6 heterocycles. The Morgan fingerprint density at radius 2 is 1.54 bits per heavy atom. The van der Waals surface area contributed by atoms with E-state index in [1.165, 1.54) is 12.1 Å². The van der Waals surface area contributed by atoms with Crippen molar-refractivity contribution in [2.45, 2.75) is 93.3 Å². The minimum atomic E-state index is -0.608. The van der Waals surface area contributed by atoms with Gasteiger partial charge in [-0.3, -0.25) is 19.7 Å². The monoisotopic (exact) mass is 793 g/mol. The van der Waals surface area contributed by atoms with E-state index < -0.39 is 17.4 Å². The maximum absolute atomic E-state index is 15.2. The van der Waals surface area contributed by atoms with Crippen molar-refractivity contribution in [2.75, 3.05) is 69.3 Å². The van der Waals surface area contributed by atoms with Crippen molar-refractivity contribution in [3.05, 3.63) is 58.1 Å². The summed E-state index contributed by atoms with van der Waals surface area (Å²) in [5.74, 6) is 0.362. The number of nitrogens with zero attached hydrogens (tertiary/aromatic N) is 4. The van der Waals surface area contributed by atoms with Crippen LogP contribution in [0, 0.1) is 17.6 Å². The van der Waals surface area contributed by atoms with Gasteiger partial charge in [0.05, 0.1) is 23.6 Å². The average molecular weight is 794 g/mol. The first kappa shape index (κ1) is 39.1. The summed E-state index contributed by atoms with van der Waals surface area (Å²) in [6.45, 7) is 7.84. The van der Waals surface area contributed by atoms with Crippen LogP contribution >= 0.6 is 11.8 Å². The van der Waals surface area contributed by atoms with Gasteiger partial charge in [0.25, 0.3) is 5.56 Å². The number of hydrogen-bond acceptors (Lipinski definition) is 11. The van der Waals surface area contributed by atoms with Crippen LogP contribution in [-0.2, 0) is 20.1 Å². The molecule has 2 amide bonds. The van der Waals surface area contributed by atoms with Crippen LogP contribution in [0.1, 0.15) is 70.0 Å². The number of carbonyl (C=O) groups is 2. The molecule has 2 aromatic carbocycles. The molecule has 5 aliphatic rings. The second-order valence-corrected chi connectivity index (χ2v) is 17.3. The molecule has 0 radical (unpaired) electrons. The normalized spacial score (nSPS) is 23.1. The highest BCUT2D eigenvalue weighted by molar-refractivity contribution is 7.99. The second-order valence-electron chi connectivity index (χ2n) is 16.0. The fraction of sp³-hybridized carbons (Fsp3) is 0.610. The third-order valence-corrected chi connectivity index (χ3v) is 13.8. The second kappa shape index (κ2) is 17.8. The number of halogens is 2. The molecule has 3 aromatic rings. The maximum atomic E-state index is 15.2. The lowest BCUT2D eigenvalue weighted by Crippen LogP contribution is -2.52. The van der Waals surface area contributed by atoms with E-state index in [1.807, 2.05) is 6.07 Å². The Hall–Kier alpha value is -3.79. The predicted molar refractivity (Wildman–Crippen MR) is 213 cm³/mol. The fourth-order valence-electron chi connectivity index (χ4n) is 9.11. The van der Waals surface area contributed by atoms with Gasteiger partial charge in [-0.2, -0.15) is 11.8 Å². The minimum Gasteiger partial charge on any atom is -0.493 e. The number of fused-ring (bicyclic) bond motifs is 1. The molecule has 5 saturated heterocycles. The zero-order valence-electron chi connectivity index (χ0n) is 31.9. The van der Waals surface area contributed by atoms with Gasteiger partial charge in [-0.15, -0.1) is 0 Å². The molecule has 0 aliphatic carbocycles. The van der Waals surface area contributed by atoms with Crippen molar-refractivity contribution in [2.24, 2.45) is 5.92 Å². The first-order valence-corrected chi connectivity index (χ1v) is 21.5. The first-order valence-electron chi connectivity index (χ1n) is 20.4. The molecular formula is C41H53F2N7O5S. The Morgan fingerprint density at radius 3 is 2.23 bits per heavy atom. The Balaban J connectivity index is 0.755. The van der Waals surface area contributed by atoms with Crippen molar-refractivity contribution < 1.29 is 27.8 Å². The highest BCUT2D eigenvalue weighted by Gasteiger charge is 2.33. The van der Waals surface area contributed by atoms with Crippen molar-refractivity contribution in [3.8, 4) is 5.75 Å². The third-order valence-electron chi connectivity index (χ3n) is 12.4. The molecule has 1 unspecified atom stereocenters. The molecule has 0 spiro atoms. The summed E-state index contributed by atoms with van der Waals surface area (Å²) in [6, 6.07) is 8.59. The number of nitrogens with one attached hydrogen (secondary N) is 3. The summed E-state index contributed by atoms with van der Waals surface area (Å²) in [7, 11) is 0. The average Bonchev–Trinajstić information content (AvgIpc) is 3.21. The van der Waals surface area contributed by atoms with Gasteiger partial charge in [-0.1, -0.05) is 0 Å². The van der Waals surface area contributed by atoms with E-state index in [1.54, 1.807) is 23.9 Å². The maximum Gasteiger partial charge on any atom is 0.261 e. The predicted octanol–water partition coefficient (Wildman–Crippen LogP) is 5.05. The molecule has 0 saturated carbocycles. The van der Waals surface area contributed by atoms with Gasteiger partial charge in [-0.05, 0) is 108 Å². The number of ether oxygens (including phenoxy) is 2. The van der Waals surface area contributed by atoms with E-state index in [4.69, 9.17) is 9.47 Å². The number of H-pyrrole nitrogens is 1. The van der Waals surface area contributed by atoms with Crippen LogP contribution in [0.5, 0.6) is 5.75 Å². The summed E-state index contributed by atoms with van der Waals surface area (Å²) in [5.41, 5.74) is 1.01. The number of benzene rings is 2. The molecule has 56 heavy (non-hydrogen) atoms. The number of anilines is 2. The number of aromatic nitrogens is 2. The van der Waals surface area contributed by atoms with Gasteiger partial charge in [0.1, 0.15) is 34.6 Å². The molecule has 3 N–H and O–H groups in total. The van der Waals surface area contributed by atoms with Crippen LogP contribution in [0.4, 0.5) is 20.2 Å². The Labute approximate surface area is 330 Å². The zero-order chi connectivity index (χ0) is 38.6. The number of rotatable bonds is 11. The lowest BCUT2D eigenvalue weighted by molar-refractivity contribution is -0.133. The molecular weight excluding hydrogens is 741 g/mol. The SMILES string of the molecule is O=C1CCC(Nc2ccc(N3CCC(N4CCC(N5CCC(COc6cc(F)c7c(=O)[nH]c(CSC8CCOCC8)nc7c6)CC5)CC4)CC3)c(F)c2)C(=O)N1. The Morgan fingerprint density at radius 1 is 0.839 bits per heavy atom. The smallest absolute Gasteiger partial charge is 0.261 e. The van der Waals surface area contributed by atoms with Crippen molar-refractivity contribution in [3.63, 3.8) is 0 Å². The largest absolute Gasteiger partial charge is 0.493 e. The number of aromatic amines is 1. The Kier molecular flexibility index (Phi) is 12.4. The molecule has 1 aromatic heterocycles. The summed E-state index contributed by atoms with van der Waals surface area (Å²) in [5, 5.41) is 5.84. The fourth-order valence-corrected chi connectivity index (χ4v) is 10.2. The third kappa shape index (κ3) is 9.32. The zero-order valence-corrected chi connectivity index (χ0v) is 32.7. The Bertz CT molecular complexity index is 1920. The number of imide groups is 1. The first-order chi connectivity index (χ1) is 27.3. The summed E-state index contributed by atoms with van der Waals surface area (Å²) in [4.78, 5) is 51.1. The topological polar surface area (TPSA) is 132 Å². The van der Waals surface area contributed by atoms with E-state index in [9.17, 15) is 14.4 Å². The van der Waals surface area contributed by atoms with Crippen molar-refractivity contribution in [1.29, 1.82) is 0 Å². The molecule has 302 valence electrons. The van der Waals surface area contributed by atoms with Crippen molar-refractivity contribution in [1.82, 2.24) is 25.1 Å². The van der Waals surface area contributed by atoms with E-state index in [-0.39, 0.29) is 29.4 Å². The van der Waals surface area contributed by atoms with Gasteiger partial charge in [-0.25, -0.2) is 13.8 Å². The van der Waals surface area contributed by atoms with Gasteiger partial charge < -0.3 is 34.5 Å². The number of hydrogen-bond donors (Lipinski definition) is 3. The van der Waals surface area contributed by atoms with E-state index in [2.05, 4.69) is 35.3 Å². The van der Waals surface area contributed by atoms with Crippen LogP contribution in [0.25, 0.3) is 10.9 Å². The van der Waals surface area contributed by atoms with Crippen LogP contribution in [-0.4, -0.2) is 114 Å². The molecule has 0 bridgehead atoms. The minimum absolute atomic E-state index is 0.0254. The number of carbonyl (C=O) groups excluding carboxylic acids is 2. The number of likely N-dealkylation sites (tertiary alicyclic amines) is 2. The van der Waals surface area contributed by atoms with Gasteiger partial charge in [0.15, 0.2) is 0 Å². The molecule has 5 aliphatic heterocycles. The van der Waals surface area contributed by atoms with Crippen LogP contribution in [0.15, 0.2) is 35.1 Å². The van der Waals surface area contributed by atoms with Crippen LogP contribution in [0.2, 0.25) is 0 Å². The quantitative estimate of drug-likeness (QED) is 0.226. The summed E-state index contributed by atoms with van der Waals surface area (Å²) < 4.78 is 41.9. The van der Waals surface area contributed by atoms with E-state index in [0.29, 0.717) is 70.5 Å². The van der Waals surface area contributed by atoms with Gasteiger partial charge >= 0.3 is 0 Å². The molecule has 1 atom stereocenters. The highest BCUT2D eigenvalue weighted by Crippen LogP contribution is 2.32. The lowest BCUT2D eigenvalue weighted by atomic mass is 9.92. The standard InChI is InChI=1S/C41H53F2N7O5S/c42-32-21-27(44-34-2-4-38(51)47-40(34)52)1-3-36(32)50-17-9-29(10-18-50)49-15-7-28(8-16-49)48-13-5-26(6-14-48)24-55-30-22-33(43)39-35(23-30)45-37(46-41(39)53)25-56-31-11-19-54-20-12-31/h1,3,21-23,26,28-29,31,34,44H,2,4-20,24-25H2,(H,45,46,53)(H,47,51,52). The molecule has 12 nitrogen and oxygen atoms in total.